The molecule has 1 unspecified atom stereocenters. The summed E-state index contributed by atoms with van der Waals surface area (Å²) in [6, 6.07) is 8.72. The van der Waals surface area contributed by atoms with Crippen LogP contribution in [0.15, 0.2) is 34.6 Å². The topological polar surface area (TPSA) is 52.6 Å². The Hall–Kier alpha value is -1.40. The Bertz CT molecular complexity index is 790. The van der Waals surface area contributed by atoms with Gasteiger partial charge in [0.25, 0.3) is 0 Å². The summed E-state index contributed by atoms with van der Waals surface area (Å²) in [6.07, 6.45) is -2.99. The van der Waals surface area contributed by atoms with Crippen molar-refractivity contribution in [3.8, 4) is 0 Å². The van der Waals surface area contributed by atoms with Crippen LogP contribution in [0, 0.1) is 0 Å². The van der Waals surface area contributed by atoms with E-state index >= 15 is 0 Å². The molecule has 0 bridgehead atoms. The van der Waals surface area contributed by atoms with E-state index in [9.17, 15) is 13.2 Å². The third-order valence-electron chi connectivity index (χ3n) is 4.56. The van der Waals surface area contributed by atoms with Crippen molar-refractivity contribution in [2.75, 3.05) is 34.2 Å². The smallest absolute Gasteiger partial charge is 0.356 e. The minimum absolute atomic E-state index is 0. The molecule has 2 rings (SSSR count). The van der Waals surface area contributed by atoms with Crippen LogP contribution in [0.1, 0.15) is 34.8 Å². The van der Waals surface area contributed by atoms with Gasteiger partial charge in [0.15, 0.2) is 11.7 Å². The molecule has 0 amide bonds. The van der Waals surface area contributed by atoms with Crippen molar-refractivity contribution in [3.05, 3.63) is 51.5 Å². The molecule has 0 fully saturated rings. The number of aromatic nitrogens is 1. The Morgan fingerprint density at radius 2 is 1.87 bits per heavy atom. The minimum atomic E-state index is -4.39. The van der Waals surface area contributed by atoms with Gasteiger partial charge in [-0.1, -0.05) is 31.2 Å². The van der Waals surface area contributed by atoms with Crippen LogP contribution in [0.5, 0.6) is 0 Å². The SMILES string of the molecule is CCc1ccc(C(CNC(=NC)NCCc2nc(C(F)(F)F)cs2)N(C)C)cc1.I. The molecule has 168 valence electrons. The molecule has 0 radical (unpaired) electrons. The van der Waals surface area contributed by atoms with E-state index in [1.807, 2.05) is 14.1 Å². The van der Waals surface area contributed by atoms with Gasteiger partial charge in [0.2, 0.25) is 0 Å². The number of nitrogens with zero attached hydrogens (tertiary/aromatic N) is 3. The summed E-state index contributed by atoms with van der Waals surface area (Å²) in [4.78, 5) is 9.97. The van der Waals surface area contributed by atoms with Crippen molar-refractivity contribution >= 4 is 41.3 Å². The van der Waals surface area contributed by atoms with Gasteiger partial charge in [-0.3, -0.25) is 4.99 Å². The predicted molar refractivity (Wildman–Crippen MR) is 128 cm³/mol. The number of alkyl halides is 3. The maximum absolute atomic E-state index is 12.6. The number of aliphatic imine (C=N–C) groups is 1. The molecule has 0 saturated carbocycles. The third kappa shape index (κ3) is 8.03. The van der Waals surface area contributed by atoms with E-state index in [-0.39, 0.29) is 30.0 Å². The third-order valence-corrected chi connectivity index (χ3v) is 5.46. The van der Waals surface area contributed by atoms with E-state index in [0.29, 0.717) is 30.5 Å². The lowest BCUT2D eigenvalue weighted by atomic mass is 10.0. The number of likely N-dealkylation sites (N-methyl/N-ethyl adjacent to an activating group) is 1. The first-order valence-corrected chi connectivity index (χ1v) is 10.3. The second kappa shape index (κ2) is 12.5. The molecule has 1 aromatic heterocycles. The fourth-order valence-electron chi connectivity index (χ4n) is 2.83. The number of rotatable bonds is 8. The highest BCUT2D eigenvalue weighted by Gasteiger charge is 2.33. The van der Waals surface area contributed by atoms with Crippen molar-refractivity contribution in [2.24, 2.45) is 4.99 Å². The molecule has 0 aliphatic carbocycles. The normalized spacial score (nSPS) is 13.1. The average Bonchev–Trinajstić information content (AvgIpc) is 3.16. The van der Waals surface area contributed by atoms with Gasteiger partial charge in [-0.2, -0.15) is 13.2 Å². The van der Waals surface area contributed by atoms with Crippen LogP contribution in [-0.4, -0.2) is 50.1 Å². The number of aryl methyl sites for hydroxylation is 1. The highest BCUT2D eigenvalue weighted by Crippen LogP contribution is 2.30. The fraction of sp³-hybridized carbons (Fsp3) is 0.500. The number of guanidine groups is 1. The Kier molecular flexibility index (Phi) is 11.1. The standard InChI is InChI=1S/C20H28F3N5S.HI/c1-5-14-6-8-15(9-7-14)16(28(3)4)12-26-19(24-2)25-11-10-18-27-17(13-29-18)20(21,22)23;/h6-9,13,16H,5,10-12H2,1-4H3,(H2,24,25,26);1H. The zero-order valence-corrected chi connectivity index (χ0v) is 20.7. The number of nitrogens with one attached hydrogen (secondary N) is 2. The molecule has 0 aliphatic heterocycles. The first kappa shape index (κ1) is 26.6. The maximum atomic E-state index is 12.6. The zero-order valence-electron chi connectivity index (χ0n) is 17.6. The Labute approximate surface area is 197 Å². The molecule has 0 aliphatic rings. The van der Waals surface area contributed by atoms with E-state index in [4.69, 9.17) is 0 Å². The summed E-state index contributed by atoms with van der Waals surface area (Å²) >= 11 is 1.02. The van der Waals surface area contributed by atoms with Crippen molar-refractivity contribution in [2.45, 2.75) is 32.0 Å². The van der Waals surface area contributed by atoms with Crippen molar-refractivity contribution in [1.82, 2.24) is 20.5 Å². The van der Waals surface area contributed by atoms with Gasteiger partial charge in [0.05, 0.1) is 11.0 Å². The van der Waals surface area contributed by atoms with Crippen LogP contribution in [0.25, 0.3) is 0 Å². The van der Waals surface area contributed by atoms with Gasteiger partial charge < -0.3 is 15.5 Å². The summed E-state index contributed by atoms with van der Waals surface area (Å²) in [6.45, 7) is 3.22. The molecule has 0 saturated heterocycles. The van der Waals surface area contributed by atoms with Gasteiger partial charge in [-0.15, -0.1) is 35.3 Å². The molecule has 2 N–H and O–H groups in total. The number of benzene rings is 1. The van der Waals surface area contributed by atoms with Gasteiger partial charge in [-0.05, 0) is 31.6 Å². The van der Waals surface area contributed by atoms with Gasteiger partial charge in [-0.25, -0.2) is 4.98 Å². The number of thiazole rings is 1. The molecule has 5 nitrogen and oxygen atoms in total. The summed E-state index contributed by atoms with van der Waals surface area (Å²) in [5.41, 5.74) is 1.67. The summed E-state index contributed by atoms with van der Waals surface area (Å²) < 4.78 is 37.9. The van der Waals surface area contributed by atoms with Crippen LogP contribution in [0.4, 0.5) is 13.2 Å². The van der Waals surface area contributed by atoms with Crippen molar-refractivity contribution < 1.29 is 13.2 Å². The average molecular weight is 555 g/mol. The predicted octanol–water partition coefficient (Wildman–Crippen LogP) is 4.35. The molecule has 2 aromatic rings. The summed E-state index contributed by atoms with van der Waals surface area (Å²) in [5.74, 6) is 0.606. The van der Waals surface area contributed by atoms with E-state index in [0.717, 1.165) is 23.1 Å². The largest absolute Gasteiger partial charge is 0.434 e. The fourth-order valence-corrected chi connectivity index (χ4v) is 3.64. The molecule has 10 heteroatoms. The number of halogens is 4. The van der Waals surface area contributed by atoms with Crippen LogP contribution in [-0.2, 0) is 19.0 Å². The highest BCUT2D eigenvalue weighted by molar-refractivity contribution is 14.0. The van der Waals surface area contributed by atoms with Crippen molar-refractivity contribution in [1.29, 1.82) is 0 Å². The summed E-state index contributed by atoms with van der Waals surface area (Å²) in [7, 11) is 5.72. The first-order valence-electron chi connectivity index (χ1n) is 9.46. The molecular weight excluding hydrogens is 526 g/mol. The monoisotopic (exact) mass is 555 g/mol. The molecule has 30 heavy (non-hydrogen) atoms. The van der Waals surface area contributed by atoms with E-state index < -0.39 is 11.9 Å². The van der Waals surface area contributed by atoms with Gasteiger partial charge in [0.1, 0.15) is 0 Å². The highest BCUT2D eigenvalue weighted by atomic mass is 127. The van der Waals surface area contributed by atoms with Crippen LogP contribution in [0.3, 0.4) is 0 Å². The lowest BCUT2D eigenvalue weighted by molar-refractivity contribution is -0.140. The Balaban J connectivity index is 0.00000450. The Morgan fingerprint density at radius 3 is 2.37 bits per heavy atom. The van der Waals surface area contributed by atoms with E-state index in [1.165, 1.54) is 11.1 Å². The van der Waals surface area contributed by atoms with E-state index in [2.05, 4.69) is 56.7 Å². The van der Waals surface area contributed by atoms with Gasteiger partial charge >= 0.3 is 6.18 Å². The molecular formula is C20H29F3IN5S. The lowest BCUT2D eigenvalue weighted by Crippen LogP contribution is -2.42. The molecule has 1 atom stereocenters. The van der Waals surface area contributed by atoms with Crippen LogP contribution in [0.2, 0.25) is 0 Å². The number of hydrogen-bond donors (Lipinski definition) is 2. The molecule has 1 aromatic carbocycles. The summed E-state index contributed by atoms with van der Waals surface area (Å²) in [5, 5.41) is 7.93. The second-order valence-electron chi connectivity index (χ2n) is 6.83. The second-order valence-corrected chi connectivity index (χ2v) is 7.77. The Morgan fingerprint density at radius 1 is 1.20 bits per heavy atom. The quantitative estimate of drug-likeness (QED) is 0.289. The lowest BCUT2D eigenvalue weighted by Gasteiger charge is -2.26. The van der Waals surface area contributed by atoms with Crippen LogP contribution >= 0.6 is 35.3 Å². The maximum Gasteiger partial charge on any atom is 0.434 e. The van der Waals surface area contributed by atoms with Crippen LogP contribution < -0.4 is 10.6 Å². The van der Waals surface area contributed by atoms with Crippen molar-refractivity contribution in [3.63, 3.8) is 0 Å². The first-order chi connectivity index (χ1) is 13.7. The minimum Gasteiger partial charge on any atom is -0.356 e. The zero-order chi connectivity index (χ0) is 21.4. The number of hydrogen-bond acceptors (Lipinski definition) is 4. The molecule has 1 heterocycles. The van der Waals surface area contributed by atoms with E-state index in [1.54, 1.807) is 7.05 Å². The molecule has 0 spiro atoms. The van der Waals surface area contributed by atoms with Gasteiger partial charge in [0, 0.05) is 31.9 Å².